The molecular weight excluding hydrogens is 352 g/mol. The standard InChI is InChI=1S/C20H21F2N3O2/c21-14-10-15(22)12-17(11-14)27-19-6-2-1-5-18(19)23-20(26)25-9-8-24-7-3-4-16(24)13-25/h1-2,5-6,10-12,16H,3-4,7-9,13H2,(H,23,26). The maximum Gasteiger partial charge on any atom is 0.322 e. The average Bonchev–Trinajstić information content (AvgIpc) is 3.10. The van der Waals surface area contributed by atoms with Gasteiger partial charge in [-0.1, -0.05) is 12.1 Å². The molecule has 1 N–H and O–H groups in total. The van der Waals surface area contributed by atoms with Crippen LogP contribution in [0.3, 0.4) is 0 Å². The highest BCUT2D eigenvalue weighted by Gasteiger charge is 2.32. The fraction of sp³-hybridized carbons (Fsp3) is 0.350. The third kappa shape index (κ3) is 4.03. The molecule has 5 nitrogen and oxygen atoms in total. The van der Waals surface area contributed by atoms with Crippen molar-refractivity contribution in [3.8, 4) is 11.5 Å². The van der Waals surface area contributed by atoms with Gasteiger partial charge in [-0.2, -0.15) is 0 Å². The largest absolute Gasteiger partial charge is 0.455 e. The first-order chi connectivity index (χ1) is 13.1. The van der Waals surface area contributed by atoms with E-state index < -0.39 is 11.6 Å². The number of hydrogen-bond donors (Lipinski definition) is 1. The Hall–Kier alpha value is -2.67. The van der Waals surface area contributed by atoms with E-state index in [1.165, 1.54) is 6.42 Å². The van der Waals surface area contributed by atoms with E-state index in [0.717, 1.165) is 37.7 Å². The molecule has 2 heterocycles. The zero-order chi connectivity index (χ0) is 18.8. The Bertz CT molecular complexity index is 825. The Morgan fingerprint density at radius 1 is 1.07 bits per heavy atom. The fourth-order valence-electron chi connectivity index (χ4n) is 3.74. The quantitative estimate of drug-likeness (QED) is 0.882. The first-order valence-electron chi connectivity index (χ1n) is 9.11. The SMILES string of the molecule is O=C(Nc1ccccc1Oc1cc(F)cc(F)c1)N1CCN2CCCC2C1. The minimum absolute atomic E-state index is 0.0359. The number of rotatable bonds is 3. The number of ether oxygens (including phenoxy) is 1. The Morgan fingerprint density at radius 3 is 2.67 bits per heavy atom. The predicted molar refractivity (Wildman–Crippen MR) is 98.1 cm³/mol. The Kier molecular flexibility index (Phi) is 4.94. The number of hydrogen-bond acceptors (Lipinski definition) is 3. The summed E-state index contributed by atoms with van der Waals surface area (Å²) in [6.45, 7) is 3.39. The van der Waals surface area contributed by atoms with Crippen LogP contribution in [-0.4, -0.2) is 48.1 Å². The van der Waals surface area contributed by atoms with Gasteiger partial charge in [0.25, 0.3) is 0 Å². The maximum absolute atomic E-state index is 13.4. The lowest BCUT2D eigenvalue weighted by Gasteiger charge is -2.37. The van der Waals surface area contributed by atoms with Crippen molar-refractivity contribution in [1.82, 2.24) is 9.80 Å². The van der Waals surface area contributed by atoms with Gasteiger partial charge in [0.15, 0.2) is 5.75 Å². The summed E-state index contributed by atoms with van der Waals surface area (Å²) in [6.07, 6.45) is 2.30. The summed E-state index contributed by atoms with van der Waals surface area (Å²) >= 11 is 0. The second-order valence-electron chi connectivity index (χ2n) is 6.91. The number of fused-ring (bicyclic) bond motifs is 1. The molecule has 0 bridgehead atoms. The number of carbonyl (C=O) groups is 1. The zero-order valence-corrected chi connectivity index (χ0v) is 14.8. The number of anilines is 1. The van der Waals surface area contributed by atoms with Crippen LogP contribution in [0.2, 0.25) is 0 Å². The molecule has 0 aliphatic carbocycles. The lowest BCUT2D eigenvalue weighted by atomic mass is 10.1. The van der Waals surface area contributed by atoms with E-state index in [1.807, 2.05) is 4.90 Å². The van der Waals surface area contributed by atoms with Crippen molar-refractivity contribution in [3.05, 3.63) is 54.1 Å². The van der Waals surface area contributed by atoms with E-state index in [4.69, 9.17) is 4.74 Å². The van der Waals surface area contributed by atoms with Gasteiger partial charge in [-0.25, -0.2) is 13.6 Å². The number of halogens is 2. The van der Waals surface area contributed by atoms with Crippen molar-refractivity contribution in [3.63, 3.8) is 0 Å². The summed E-state index contributed by atoms with van der Waals surface area (Å²) in [5.41, 5.74) is 0.459. The third-order valence-corrected chi connectivity index (χ3v) is 5.07. The van der Waals surface area contributed by atoms with Crippen molar-refractivity contribution in [1.29, 1.82) is 0 Å². The number of amides is 2. The fourth-order valence-corrected chi connectivity index (χ4v) is 3.74. The number of piperazine rings is 1. The molecule has 2 saturated heterocycles. The summed E-state index contributed by atoms with van der Waals surface area (Å²) in [4.78, 5) is 16.9. The molecule has 0 radical (unpaired) electrons. The van der Waals surface area contributed by atoms with Crippen LogP contribution in [0.15, 0.2) is 42.5 Å². The normalized spacial score (nSPS) is 19.6. The number of carbonyl (C=O) groups excluding carboxylic acids is 1. The molecule has 2 fully saturated rings. The lowest BCUT2D eigenvalue weighted by molar-refractivity contribution is 0.124. The summed E-state index contributed by atoms with van der Waals surface area (Å²) in [7, 11) is 0. The molecule has 4 rings (SSSR count). The van der Waals surface area contributed by atoms with Crippen molar-refractivity contribution in [2.45, 2.75) is 18.9 Å². The van der Waals surface area contributed by atoms with Gasteiger partial charge in [0, 0.05) is 43.9 Å². The summed E-state index contributed by atoms with van der Waals surface area (Å²) in [5, 5.41) is 2.87. The molecule has 0 saturated carbocycles. The molecule has 27 heavy (non-hydrogen) atoms. The van der Waals surface area contributed by atoms with Crippen LogP contribution in [0.1, 0.15) is 12.8 Å². The van der Waals surface area contributed by atoms with Crippen LogP contribution in [0.5, 0.6) is 11.5 Å². The van der Waals surface area contributed by atoms with Gasteiger partial charge in [0.05, 0.1) is 5.69 Å². The molecule has 0 spiro atoms. The number of benzene rings is 2. The lowest BCUT2D eigenvalue weighted by Crippen LogP contribution is -2.53. The first kappa shape index (κ1) is 17.7. The molecule has 1 atom stereocenters. The van der Waals surface area contributed by atoms with Gasteiger partial charge in [0.1, 0.15) is 17.4 Å². The molecule has 2 aliphatic rings. The third-order valence-electron chi connectivity index (χ3n) is 5.07. The predicted octanol–water partition coefficient (Wildman–Crippen LogP) is 4.07. The molecule has 2 aromatic rings. The molecule has 1 unspecified atom stereocenters. The van der Waals surface area contributed by atoms with E-state index in [2.05, 4.69) is 10.2 Å². The molecule has 2 aliphatic heterocycles. The topological polar surface area (TPSA) is 44.8 Å². The monoisotopic (exact) mass is 373 g/mol. The van der Waals surface area contributed by atoms with Crippen LogP contribution < -0.4 is 10.1 Å². The van der Waals surface area contributed by atoms with Gasteiger partial charge >= 0.3 is 6.03 Å². The molecule has 0 aromatic heterocycles. The van der Waals surface area contributed by atoms with Crippen LogP contribution >= 0.6 is 0 Å². The van der Waals surface area contributed by atoms with Gasteiger partial charge in [0.2, 0.25) is 0 Å². The van der Waals surface area contributed by atoms with E-state index in [1.54, 1.807) is 24.3 Å². The van der Waals surface area contributed by atoms with Crippen molar-refractivity contribution < 1.29 is 18.3 Å². The number of urea groups is 1. The Balaban J connectivity index is 1.47. The van der Waals surface area contributed by atoms with Crippen molar-refractivity contribution >= 4 is 11.7 Å². The van der Waals surface area contributed by atoms with Gasteiger partial charge in [-0.15, -0.1) is 0 Å². The summed E-state index contributed by atoms with van der Waals surface area (Å²) in [6, 6.07) is 10.1. The van der Waals surface area contributed by atoms with Gasteiger partial charge in [-0.05, 0) is 31.5 Å². The van der Waals surface area contributed by atoms with Crippen LogP contribution in [0, 0.1) is 11.6 Å². The Labute approximate surface area is 156 Å². The number of para-hydroxylation sites is 2. The second kappa shape index (κ2) is 7.52. The van der Waals surface area contributed by atoms with Crippen LogP contribution in [0.4, 0.5) is 19.3 Å². The van der Waals surface area contributed by atoms with Gasteiger partial charge < -0.3 is 15.0 Å². The molecular formula is C20H21F2N3O2. The van der Waals surface area contributed by atoms with E-state index in [-0.39, 0.29) is 11.8 Å². The van der Waals surface area contributed by atoms with E-state index in [9.17, 15) is 13.6 Å². The number of nitrogens with zero attached hydrogens (tertiary/aromatic N) is 2. The molecule has 2 aromatic carbocycles. The maximum atomic E-state index is 13.4. The van der Waals surface area contributed by atoms with Crippen LogP contribution in [-0.2, 0) is 0 Å². The van der Waals surface area contributed by atoms with Gasteiger partial charge in [-0.3, -0.25) is 4.90 Å². The minimum atomic E-state index is -0.721. The smallest absolute Gasteiger partial charge is 0.322 e. The summed E-state index contributed by atoms with van der Waals surface area (Å²) < 4.78 is 32.4. The van der Waals surface area contributed by atoms with Crippen molar-refractivity contribution in [2.24, 2.45) is 0 Å². The highest BCUT2D eigenvalue weighted by Crippen LogP contribution is 2.31. The number of nitrogens with one attached hydrogen (secondary N) is 1. The average molecular weight is 373 g/mol. The zero-order valence-electron chi connectivity index (χ0n) is 14.8. The van der Waals surface area contributed by atoms with Crippen molar-refractivity contribution in [2.75, 3.05) is 31.5 Å². The molecule has 2 amide bonds. The van der Waals surface area contributed by atoms with E-state index >= 15 is 0 Å². The summed E-state index contributed by atoms with van der Waals surface area (Å²) in [5.74, 6) is -1.08. The minimum Gasteiger partial charge on any atom is -0.455 e. The highest BCUT2D eigenvalue weighted by molar-refractivity contribution is 5.91. The molecule has 7 heteroatoms. The van der Waals surface area contributed by atoms with Crippen LogP contribution in [0.25, 0.3) is 0 Å². The molecule has 142 valence electrons. The Morgan fingerprint density at radius 2 is 1.85 bits per heavy atom. The van der Waals surface area contributed by atoms with E-state index in [0.29, 0.717) is 30.6 Å². The highest BCUT2D eigenvalue weighted by atomic mass is 19.1. The first-order valence-corrected chi connectivity index (χ1v) is 9.11. The second-order valence-corrected chi connectivity index (χ2v) is 6.91.